The Bertz CT molecular complexity index is 527. The molecule has 2 N–H and O–H groups in total. The highest BCUT2D eigenvalue weighted by Gasteiger charge is 2.06. The summed E-state index contributed by atoms with van der Waals surface area (Å²) >= 11 is 1.82. The molecule has 0 amide bonds. The van der Waals surface area contributed by atoms with Crippen LogP contribution in [0.25, 0.3) is 0 Å². The first kappa shape index (κ1) is 13.8. The minimum atomic E-state index is 1.15. The van der Waals surface area contributed by atoms with Crippen molar-refractivity contribution in [3.05, 3.63) is 47.5 Å². The molecule has 0 radical (unpaired) electrons. The van der Waals surface area contributed by atoms with Gasteiger partial charge in [-0.1, -0.05) is 23.9 Å². The summed E-state index contributed by atoms with van der Waals surface area (Å²) in [6.45, 7) is 4.30. The van der Waals surface area contributed by atoms with Crippen molar-refractivity contribution >= 4 is 23.1 Å². The van der Waals surface area contributed by atoms with Gasteiger partial charge in [0, 0.05) is 35.3 Å². The summed E-state index contributed by atoms with van der Waals surface area (Å²) in [5, 5.41) is 6.38. The molecule has 0 unspecified atom stereocenters. The minimum absolute atomic E-state index is 1.15. The van der Waals surface area contributed by atoms with Crippen molar-refractivity contribution in [2.45, 2.75) is 23.6 Å². The quantitative estimate of drug-likeness (QED) is 0.854. The van der Waals surface area contributed by atoms with E-state index >= 15 is 0 Å². The van der Waals surface area contributed by atoms with Crippen LogP contribution in [0.5, 0.6) is 0 Å². The molecule has 0 aliphatic carbocycles. The zero-order chi connectivity index (χ0) is 13.8. The molecule has 0 atom stereocenters. The van der Waals surface area contributed by atoms with E-state index in [-0.39, 0.29) is 0 Å². The molecule has 3 heteroatoms. The smallest absolute Gasteiger partial charge is 0.0349 e. The van der Waals surface area contributed by atoms with E-state index in [0.29, 0.717) is 0 Å². The van der Waals surface area contributed by atoms with Gasteiger partial charge in [-0.05, 0) is 49.2 Å². The summed E-state index contributed by atoms with van der Waals surface area (Å²) in [4.78, 5) is 2.59. The van der Waals surface area contributed by atoms with Gasteiger partial charge in [-0.2, -0.15) is 0 Å². The topological polar surface area (TPSA) is 24.1 Å². The fraction of sp³-hybridized carbons (Fsp3) is 0.250. The average molecular weight is 272 g/mol. The minimum Gasteiger partial charge on any atom is -0.388 e. The van der Waals surface area contributed by atoms with Gasteiger partial charge < -0.3 is 10.6 Å². The fourth-order valence-electron chi connectivity index (χ4n) is 1.85. The second-order valence-corrected chi connectivity index (χ2v) is 5.65. The molecule has 0 heterocycles. The van der Waals surface area contributed by atoms with Crippen LogP contribution >= 0.6 is 11.8 Å². The standard InChI is InChI=1S/C16H20N2S/c1-11-5-7-13(17-3)9-15(11)19-16-10-14(18-4)8-6-12(16)2/h5-10,17-18H,1-4H3. The molecule has 2 aromatic carbocycles. The molecule has 0 saturated heterocycles. The van der Waals surface area contributed by atoms with E-state index < -0.39 is 0 Å². The lowest BCUT2D eigenvalue weighted by molar-refractivity contribution is 1.25. The summed E-state index contributed by atoms with van der Waals surface area (Å²) in [5.74, 6) is 0. The Balaban J connectivity index is 2.35. The SMILES string of the molecule is CNc1ccc(C)c(Sc2cc(NC)ccc2C)c1. The highest BCUT2D eigenvalue weighted by molar-refractivity contribution is 7.99. The molecule has 2 nitrogen and oxygen atoms in total. The third-order valence-corrected chi connectivity index (χ3v) is 4.49. The molecule has 2 rings (SSSR count). The summed E-state index contributed by atoms with van der Waals surface area (Å²) < 4.78 is 0. The van der Waals surface area contributed by atoms with Crippen LogP contribution in [-0.4, -0.2) is 14.1 Å². The Kier molecular flexibility index (Phi) is 4.38. The Morgan fingerprint density at radius 1 is 0.737 bits per heavy atom. The van der Waals surface area contributed by atoms with Crippen molar-refractivity contribution in [1.29, 1.82) is 0 Å². The fourth-order valence-corrected chi connectivity index (χ4v) is 2.92. The molecule has 0 aliphatic rings. The average Bonchev–Trinajstić information content (AvgIpc) is 2.43. The number of hydrogen-bond acceptors (Lipinski definition) is 3. The van der Waals surface area contributed by atoms with Gasteiger partial charge in [-0.3, -0.25) is 0 Å². The van der Waals surface area contributed by atoms with E-state index in [2.05, 4.69) is 60.9 Å². The monoisotopic (exact) mass is 272 g/mol. The lowest BCUT2D eigenvalue weighted by atomic mass is 10.2. The van der Waals surface area contributed by atoms with Crippen LogP contribution in [-0.2, 0) is 0 Å². The number of aryl methyl sites for hydroxylation is 2. The summed E-state index contributed by atoms with van der Waals surface area (Å²) in [6.07, 6.45) is 0. The molecule has 0 bridgehead atoms. The summed E-state index contributed by atoms with van der Waals surface area (Å²) in [7, 11) is 3.90. The van der Waals surface area contributed by atoms with Crippen LogP contribution < -0.4 is 10.6 Å². The third kappa shape index (κ3) is 3.24. The van der Waals surface area contributed by atoms with Crippen molar-refractivity contribution < 1.29 is 0 Å². The predicted octanol–water partition coefficient (Wildman–Crippen LogP) is 4.54. The first-order valence-electron chi connectivity index (χ1n) is 6.38. The lowest BCUT2D eigenvalue weighted by Crippen LogP contribution is -1.91. The molecule has 100 valence electrons. The van der Waals surface area contributed by atoms with Crippen molar-refractivity contribution in [3.8, 4) is 0 Å². The van der Waals surface area contributed by atoms with Crippen LogP contribution in [0.15, 0.2) is 46.2 Å². The Morgan fingerprint density at radius 2 is 1.16 bits per heavy atom. The van der Waals surface area contributed by atoms with Gasteiger partial charge in [0.15, 0.2) is 0 Å². The van der Waals surface area contributed by atoms with Gasteiger partial charge in [0.2, 0.25) is 0 Å². The molecule has 0 saturated carbocycles. The maximum atomic E-state index is 3.19. The first-order valence-corrected chi connectivity index (χ1v) is 7.20. The Hall–Kier alpha value is -1.61. The molecular formula is C16H20N2S. The molecule has 19 heavy (non-hydrogen) atoms. The van der Waals surface area contributed by atoms with E-state index in [4.69, 9.17) is 0 Å². The van der Waals surface area contributed by atoms with Crippen molar-refractivity contribution in [2.24, 2.45) is 0 Å². The van der Waals surface area contributed by atoms with Crippen molar-refractivity contribution in [3.63, 3.8) is 0 Å². The molecule has 2 aromatic rings. The largest absolute Gasteiger partial charge is 0.388 e. The number of benzene rings is 2. The molecule has 0 fully saturated rings. The van der Waals surface area contributed by atoms with E-state index in [1.54, 1.807) is 0 Å². The zero-order valence-corrected chi connectivity index (χ0v) is 12.7. The van der Waals surface area contributed by atoms with E-state index in [0.717, 1.165) is 11.4 Å². The zero-order valence-electron chi connectivity index (χ0n) is 11.9. The van der Waals surface area contributed by atoms with E-state index in [1.165, 1.54) is 20.9 Å². The molecule has 0 spiro atoms. The van der Waals surface area contributed by atoms with Gasteiger partial charge in [0.05, 0.1) is 0 Å². The van der Waals surface area contributed by atoms with Gasteiger partial charge in [0.25, 0.3) is 0 Å². The number of anilines is 2. The van der Waals surface area contributed by atoms with Gasteiger partial charge in [-0.15, -0.1) is 0 Å². The lowest BCUT2D eigenvalue weighted by Gasteiger charge is -2.11. The summed E-state index contributed by atoms with van der Waals surface area (Å²) in [6, 6.07) is 12.9. The number of nitrogens with one attached hydrogen (secondary N) is 2. The molecule has 0 aromatic heterocycles. The predicted molar refractivity (Wildman–Crippen MR) is 85.6 cm³/mol. The molecular weight excluding hydrogens is 252 g/mol. The van der Waals surface area contributed by atoms with Crippen molar-refractivity contribution in [1.82, 2.24) is 0 Å². The maximum absolute atomic E-state index is 3.19. The van der Waals surface area contributed by atoms with Crippen LogP contribution in [0, 0.1) is 13.8 Å². The normalized spacial score (nSPS) is 10.3. The Morgan fingerprint density at radius 3 is 1.53 bits per heavy atom. The highest BCUT2D eigenvalue weighted by Crippen LogP contribution is 2.35. The Labute approximate surface area is 119 Å². The first-order chi connectivity index (χ1) is 9.13. The second-order valence-electron chi connectivity index (χ2n) is 4.56. The highest BCUT2D eigenvalue weighted by atomic mass is 32.2. The summed E-state index contributed by atoms with van der Waals surface area (Å²) in [5.41, 5.74) is 4.91. The number of rotatable bonds is 4. The van der Waals surface area contributed by atoms with Crippen molar-refractivity contribution in [2.75, 3.05) is 24.7 Å². The van der Waals surface area contributed by atoms with Crippen LogP contribution in [0.1, 0.15) is 11.1 Å². The van der Waals surface area contributed by atoms with Gasteiger partial charge >= 0.3 is 0 Å². The number of hydrogen-bond donors (Lipinski definition) is 2. The third-order valence-electron chi connectivity index (χ3n) is 3.17. The maximum Gasteiger partial charge on any atom is 0.0349 e. The van der Waals surface area contributed by atoms with E-state index in [9.17, 15) is 0 Å². The van der Waals surface area contributed by atoms with Gasteiger partial charge in [0.1, 0.15) is 0 Å². The second kappa shape index (κ2) is 6.02. The molecule has 0 aliphatic heterocycles. The van der Waals surface area contributed by atoms with Crippen LogP contribution in [0.2, 0.25) is 0 Å². The van der Waals surface area contributed by atoms with Crippen LogP contribution in [0.4, 0.5) is 11.4 Å². The van der Waals surface area contributed by atoms with Crippen LogP contribution in [0.3, 0.4) is 0 Å². The van der Waals surface area contributed by atoms with Gasteiger partial charge in [-0.25, -0.2) is 0 Å². The van der Waals surface area contributed by atoms with E-state index in [1.807, 2.05) is 25.9 Å².